The van der Waals surface area contributed by atoms with E-state index < -0.39 is 0 Å². The van der Waals surface area contributed by atoms with Crippen LogP contribution in [0.5, 0.6) is 0 Å². The molecular weight excluding hydrogens is 214 g/mol. The molecule has 1 N–H and O–H groups in total. The molecule has 0 aliphatic carbocycles. The normalized spacial score (nSPS) is 13.9. The molecule has 0 bridgehead atoms. The first-order valence-electron chi connectivity index (χ1n) is 6.92. The second-order valence-corrected chi connectivity index (χ2v) is 5.13. The molecule has 3 heteroatoms. The molecule has 0 saturated heterocycles. The van der Waals surface area contributed by atoms with Crippen molar-refractivity contribution in [2.45, 2.75) is 65.0 Å². The molecule has 0 aromatic heterocycles. The van der Waals surface area contributed by atoms with Crippen LogP contribution < -0.4 is 5.32 Å². The summed E-state index contributed by atoms with van der Waals surface area (Å²) in [5.74, 6) is 0. The lowest BCUT2D eigenvalue weighted by molar-refractivity contribution is -0.0103. The van der Waals surface area contributed by atoms with E-state index in [-0.39, 0.29) is 5.60 Å². The monoisotopic (exact) mass is 245 g/mol. The summed E-state index contributed by atoms with van der Waals surface area (Å²) in [4.78, 5) is 0. The van der Waals surface area contributed by atoms with Crippen molar-refractivity contribution in [3.63, 3.8) is 0 Å². The molecule has 17 heavy (non-hydrogen) atoms. The number of hydrogen-bond donors (Lipinski definition) is 1. The van der Waals surface area contributed by atoms with Crippen LogP contribution in [0.4, 0.5) is 0 Å². The zero-order valence-corrected chi connectivity index (χ0v) is 12.3. The molecule has 0 amide bonds. The average molecular weight is 245 g/mol. The van der Waals surface area contributed by atoms with E-state index in [0.717, 1.165) is 32.6 Å². The van der Waals surface area contributed by atoms with Crippen LogP contribution in [-0.2, 0) is 9.47 Å². The first kappa shape index (κ1) is 16.9. The average Bonchev–Trinajstić information content (AvgIpc) is 2.32. The number of rotatable bonds is 11. The van der Waals surface area contributed by atoms with Crippen molar-refractivity contribution in [2.24, 2.45) is 0 Å². The molecule has 0 aromatic rings. The number of hydrogen-bond acceptors (Lipinski definition) is 3. The van der Waals surface area contributed by atoms with Gasteiger partial charge in [-0.15, -0.1) is 0 Å². The topological polar surface area (TPSA) is 30.5 Å². The Kier molecular flexibility index (Phi) is 9.79. The zero-order valence-electron chi connectivity index (χ0n) is 12.3. The summed E-state index contributed by atoms with van der Waals surface area (Å²) in [5, 5.41) is 3.48. The van der Waals surface area contributed by atoms with E-state index in [9.17, 15) is 0 Å². The lowest BCUT2D eigenvalue weighted by atomic mass is 10.1. The summed E-state index contributed by atoms with van der Waals surface area (Å²) < 4.78 is 11.0. The Morgan fingerprint density at radius 1 is 1.18 bits per heavy atom. The van der Waals surface area contributed by atoms with Gasteiger partial charge in [0.05, 0.1) is 5.60 Å². The molecule has 0 aliphatic rings. The third-order valence-electron chi connectivity index (χ3n) is 3.23. The highest BCUT2D eigenvalue weighted by Gasteiger charge is 2.15. The van der Waals surface area contributed by atoms with E-state index >= 15 is 0 Å². The highest BCUT2D eigenvalue weighted by Crippen LogP contribution is 2.12. The van der Waals surface area contributed by atoms with Crippen molar-refractivity contribution in [1.82, 2.24) is 5.32 Å². The fourth-order valence-corrected chi connectivity index (χ4v) is 1.69. The minimum atomic E-state index is -0.0598. The molecule has 0 saturated carbocycles. The second-order valence-electron chi connectivity index (χ2n) is 5.13. The van der Waals surface area contributed by atoms with Crippen molar-refractivity contribution in [3.05, 3.63) is 0 Å². The maximum Gasteiger partial charge on any atom is 0.0644 e. The van der Waals surface area contributed by atoms with Gasteiger partial charge in [0.1, 0.15) is 0 Å². The molecule has 0 fully saturated rings. The van der Waals surface area contributed by atoms with Gasteiger partial charge in [0, 0.05) is 26.4 Å². The van der Waals surface area contributed by atoms with Crippen LogP contribution in [0, 0.1) is 0 Å². The van der Waals surface area contributed by atoms with Crippen LogP contribution in [0.2, 0.25) is 0 Å². The van der Waals surface area contributed by atoms with E-state index in [1.165, 1.54) is 12.8 Å². The number of methoxy groups -OCH3 is 1. The minimum absolute atomic E-state index is 0.0598. The van der Waals surface area contributed by atoms with Gasteiger partial charge >= 0.3 is 0 Å². The van der Waals surface area contributed by atoms with Gasteiger partial charge in [0.2, 0.25) is 0 Å². The highest BCUT2D eigenvalue weighted by atomic mass is 16.5. The van der Waals surface area contributed by atoms with E-state index in [1.54, 1.807) is 7.11 Å². The third-order valence-corrected chi connectivity index (χ3v) is 3.23. The SMILES string of the molecule is CCNC(CC)CCCOCCC(C)(C)OC. The van der Waals surface area contributed by atoms with Gasteiger partial charge < -0.3 is 14.8 Å². The van der Waals surface area contributed by atoms with E-state index in [1.807, 2.05) is 0 Å². The smallest absolute Gasteiger partial charge is 0.0644 e. The molecule has 3 nitrogen and oxygen atoms in total. The summed E-state index contributed by atoms with van der Waals surface area (Å²) in [7, 11) is 1.75. The second kappa shape index (κ2) is 9.86. The van der Waals surface area contributed by atoms with Crippen LogP contribution in [0.15, 0.2) is 0 Å². The van der Waals surface area contributed by atoms with Gasteiger partial charge in [-0.1, -0.05) is 13.8 Å². The summed E-state index contributed by atoms with van der Waals surface area (Å²) in [6.07, 6.45) is 4.50. The maximum absolute atomic E-state index is 5.64. The molecule has 0 heterocycles. The van der Waals surface area contributed by atoms with Crippen LogP contribution in [0.3, 0.4) is 0 Å². The summed E-state index contributed by atoms with van der Waals surface area (Å²) >= 11 is 0. The molecule has 104 valence electrons. The van der Waals surface area contributed by atoms with Crippen molar-refractivity contribution in [2.75, 3.05) is 26.9 Å². The molecule has 0 radical (unpaired) electrons. The quantitative estimate of drug-likeness (QED) is 0.568. The van der Waals surface area contributed by atoms with Gasteiger partial charge in [-0.25, -0.2) is 0 Å². The fraction of sp³-hybridized carbons (Fsp3) is 1.00. The van der Waals surface area contributed by atoms with E-state index in [4.69, 9.17) is 9.47 Å². The lowest BCUT2D eigenvalue weighted by Gasteiger charge is -2.22. The Bertz CT molecular complexity index is 172. The maximum atomic E-state index is 5.64. The number of nitrogens with one attached hydrogen (secondary N) is 1. The fourth-order valence-electron chi connectivity index (χ4n) is 1.69. The number of ether oxygens (including phenoxy) is 2. The van der Waals surface area contributed by atoms with Gasteiger partial charge in [-0.3, -0.25) is 0 Å². The minimum Gasteiger partial charge on any atom is -0.381 e. The summed E-state index contributed by atoms with van der Waals surface area (Å²) in [5.41, 5.74) is -0.0598. The zero-order chi connectivity index (χ0) is 13.1. The molecule has 1 atom stereocenters. The largest absolute Gasteiger partial charge is 0.381 e. The predicted octanol–water partition coefficient (Wildman–Crippen LogP) is 2.99. The Morgan fingerprint density at radius 2 is 1.88 bits per heavy atom. The Labute approximate surface area is 107 Å². The van der Waals surface area contributed by atoms with Crippen molar-refractivity contribution < 1.29 is 9.47 Å². The Morgan fingerprint density at radius 3 is 2.41 bits per heavy atom. The molecular formula is C14H31NO2. The Hall–Kier alpha value is -0.120. The van der Waals surface area contributed by atoms with Crippen LogP contribution in [0.25, 0.3) is 0 Å². The van der Waals surface area contributed by atoms with Crippen LogP contribution in [-0.4, -0.2) is 38.5 Å². The lowest BCUT2D eigenvalue weighted by Crippen LogP contribution is -2.28. The third kappa shape index (κ3) is 9.57. The van der Waals surface area contributed by atoms with Crippen LogP contribution in [0.1, 0.15) is 53.4 Å². The Balaban J connectivity index is 3.39. The van der Waals surface area contributed by atoms with Crippen molar-refractivity contribution in [3.8, 4) is 0 Å². The van der Waals surface area contributed by atoms with Gasteiger partial charge in [0.25, 0.3) is 0 Å². The van der Waals surface area contributed by atoms with E-state index in [0.29, 0.717) is 6.04 Å². The summed E-state index contributed by atoms with van der Waals surface area (Å²) in [6.45, 7) is 11.3. The molecule has 0 aromatic carbocycles. The molecule has 0 rings (SSSR count). The van der Waals surface area contributed by atoms with Gasteiger partial charge in [-0.2, -0.15) is 0 Å². The molecule has 0 aliphatic heterocycles. The standard InChI is InChI=1S/C14H31NO2/c1-6-13(15-7-2)9-8-11-17-12-10-14(3,4)16-5/h13,15H,6-12H2,1-5H3. The first-order valence-corrected chi connectivity index (χ1v) is 6.92. The van der Waals surface area contributed by atoms with Crippen molar-refractivity contribution >= 4 is 0 Å². The molecule has 1 unspecified atom stereocenters. The van der Waals surface area contributed by atoms with Crippen molar-refractivity contribution in [1.29, 1.82) is 0 Å². The molecule has 0 spiro atoms. The van der Waals surface area contributed by atoms with Crippen LogP contribution >= 0.6 is 0 Å². The van der Waals surface area contributed by atoms with Gasteiger partial charge in [-0.05, 0) is 46.1 Å². The first-order chi connectivity index (χ1) is 8.05. The van der Waals surface area contributed by atoms with E-state index in [2.05, 4.69) is 33.0 Å². The van der Waals surface area contributed by atoms with Gasteiger partial charge in [0.15, 0.2) is 0 Å². The predicted molar refractivity (Wildman–Crippen MR) is 73.5 cm³/mol. The summed E-state index contributed by atoms with van der Waals surface area (Å²) in [6, 6.07) is 0.652. The highest BCUT2D eigenvalue weighted by molar-refractivity contribution is 4.67.